The number of nitrogens with zero attached hydrogens (tertiary/aromatic N) is 6. The van der Waals surface area contributed by atoms with Gasteiger partial charge in [-0.2, -0.15) is 10.1 Å². The molecule has 0 fully saturated rings. The molecular weight excluding hydrogens is 504 g/mol. The summed E-state index contributed by atoms with van der Waals surface area (Å²) in [4.78, 5) is 25.7. The number of hydrogen-bond donors (Lipinski definition) is 2. The van der Waals surface area contributed by atoms with Gasteiger partial charge in [0.2, 0.25) is 11.9 Å². The van der Waals surface area contributed by atoms with Crippen LogP contribution in [0.3, 0.4) is 0 Å². The van der Waals surface area contributed by atoms with Crippen molar-refractivity contribution in [1.82, 2.24) is 24.6 Å². The largest absolute Gasteiger partial charge is 0.494 e. The normalized spacial score (nSPS) is 11.5. The molecule has 10 heteroatoms. The molecule has 2 N–H and O–H groups in total. The predicted molar refractivity (Wildman–Crippen MR) is 162 cm³/mol. The molecule has 2 aromatic carbocycles. The molecule has 0 unspecified atom stereocenters. The number of carbonyl (C=O) groups is 1. The number of fused-ring (bicyclic) bond motifs is 1. The van der Waals surface area contributed by atoms with E-state index in [9.17, 15) is 4.79 Å². The summed E-state index contributed by atoms with van der Waals surface area (Å²) in [5, 5.41) is 12.2. The number of para-hydroxylation sites is 1. The Labute approximate surface area is 235 Å². The minimum Gasteiger partial charge on any atom is -0.494 e. The van der Waals surface area contributed by atoms with Crippen LogP contribution >= 0.6 is 0 Å². The van der Waals surface area contributed by atoms with Crippen molar-refractivity contribution in [1.29, 1.82) is 0 Å². The molecule has 40 heavy (non-hydrogen) atoms. The molecule has 4 aromatic rings. The second-order valence-corrected chi connectivity index (χ2v) is 10.9. The van der Waals surface area contributed by atoms with Gasteiger partial charge < -0.3 is 25.2 Å². The summed E-state index contributed by atoms with van der Waals surface area (Å²) in [6, 6.07) is 13.7. The van der Waals surface area contributed by atoms with Crippen molar-refractivity contribution >= 4 is 39.8 Å². The molecule has 0 aliphatic carbocycles. The fraction of sp³-hybridized carbons (Fsp3) is 0.333. The Morgan fingerprint density at radius 3 is 2.52 bits per heavy atom. The number of amides is 1. The number of ether oxygens (including phenoxy) is 1. The quantitative estimate of drug-likeness (QED) is 0.271. The maximum Gasteiger partial charge on any atom is 0.247 e. The molecule has 0 aliphatic rings. The predicted octanol–water partition coefficient (Wildman–Crippen LogP) is 4.99. The summed E-state index contributed by atoms with van der Waals surface area (Å²) in [6.07, 6.45) is 2.93. The minimum absolute atomic E-state index is 0.139. The van der Waals surface area contributed by atoms with Crippen LogP contribution in [-0.2, 0) is 10.2 Å². The number of rotatable bonds is 10. The zero-order valence-corrected chi connectivity index (χ0v) is 24.3. The first-order valence-corrected chi connectivity index (χ1v) is 13.1. The Hall–Kier alpha value is -4.44. The summed E-state index contributed by atoms with van der Waals surface area (Å²) in [6.45, 7) is 11.6. The molecule has 210 valence electrons. The molecule has 0 radical (unpaired) electrons. The maximum absolute atomic E-state index is 12.3. The van der Waals surface area contributed by atoms with E-state index in [0.717, 1.165) is 35.4 Å². The molecule has 10 nitrogen and oxygen atoms in total. The van der Waals surface area contributed by atoms with Gasteiger partial charge in [-0.25, -0.2) is 9.67 Å². The van der Waals surface area contributed by atoms with Crippen LogP contribution < -0.4 is 20.3 Å². The first kappa shape index (κ1) is 28.6. The SMILES string of the molecule is C=CC(=O)Nc1cc(Nc2nccc(-n3nc(C(C)(C)C)c4ccccc43)n2)c(OC)cc1N(C)CCN(C)C. The molecule has 4 rings (SSSR count). The third-order valence-electron chi connectivity index (χ3n) is 6.46. The van der Waals surface area contributed by atoms with Crippen molar-refractivity contribution in [2.24, 2.45) is 0 Å². The van der Waals surface area contributed by atoms with E-state index >= 15 is 0 Å². The summed E-state index contributed by atoms with van der Waals surface area (Å²) >= 11 is 0. The van der Waals surface area contributed by atoms with E-state index in [1.807, 2.05) is 62.2 Å². The Morgan fingerprint density at radius 2 is 1.85 bits per heavy atom. The molecule has 0 saturated carbocycles. The van der Waals surface area contributed by atoms with Gasteiger partial charge in [-0.15, -0.1) is 0 Å². The summed E-state index contributed by atoms with van der Waals surface area (Å²) in [5.41, 5.74) is 3.85. The van der Waals surface area contributed by atoms with Gasteiger partial charge in [0.25, 0.3) is 0 Å². The molecule has 0 saturated heterocycles. The second-order valence-electron chi connectivity index (χ2n) is 10.9. The van der Waals surface area contributed by atoms with Crippen LogP contribution in [0.5, 0.6) is 5.75 Å². The first-order chi connectivity index (χ1) is 19.0. The van der Waals surface area contributed by atoms with E-state index in [2.05, 4.69) is 58.8 Å². The Kier molecular flexibility index (Phi) is 8.39. The average Bonchev–Trinajstić information content (AvgIpc) is 3.32. The summed E-state index contributed by atoms with van der Waals surface area (Å²) < 4.78 is 7.57. The van der Waals surface area contributed by atoms with Crippen LogP contribution in [0.15, 0.2) is 61.3 Å². The van der Waals surface area contributed by atoms with Crippen LogP contribution in [0.25, 0.3) is 16.7 Å². The van der Waals surface area contributed by atoms with Crippen LogP contribution in [-0.4, -0.2) is 71.9 Å². The summed E-state index contributed by atoms with van der Waals surface area (Å²) in [5.74, 6) is 1.26. The maximum atomic E-state index is 12.3. The monoisotopic (exact) mass is 542 g/mol. The van der Waals surface area contributed by atoms with Crippen molar-refractivity contribution in [3.05, 3.63) is 67.0 Å². The number of hydrogen-bond acceptors (Lipinski definition) is 8. The van der Waals surface area contributed by atoms with Crippen LogP contribution in [0, 0.1) is 0 Å². The number of anilines is 4. The molecule has 2 heterocycles. The molecule has 0 spiro atoms. The van der Waals surface area contributed by atoms with E-state index < -0.39 is 0 Å². The minimum atomic E-state index is -0.308. The van der Waals surface area contributed by atoms with Gasteiger partial charge in [-0.3, -0.25) is 4.79 Å². The van der Waals surface area contributed by atoms with E-state index in [-0.39, 0.29) is 11.3 Å². The van der Waals surface area contributed by atoms with E-state index in [4.69, 9.17) is 14.8 Å². The molecule has 2 aromatic heterocycles. The van der Waals surface area contributed by atoms with Crippen molar-refractivity contribution in [2.75, 3.05) is 56.9 Å². The van der Waals surface area contributed by atoms with Crippen molar-refractivity contribution in [3.8, 4) is 11.6 Å². The second kappa shape index (κ2) is 11.7. The van der Waals surface area contributed by atoms with Crippen molar-refractivity contribution < 1.29 is 9.53 Å². The van der Waals surface area contributed by atoms with Gasteiger partial charge >= 0.3 is 0 Å². The lowest BCUT2D eigenvalue weighted by Crippen LogP contribution is -2.29. The Bertz CT molecular complexity index is 1520. The molecule has 0 bridgehead atoms. The van der Waals surface area contributed by atoms with Gasteiger partial charge in [-0.1, -0.05) is 45.5 Å². The lowest BCUT2D eigenvalue weighted by atomic mass is 9.90. The van der Waals surface area contributed by atoms with Gasteiger partial charge in [0.15, 0.2) is 5.82 Å². The van der Waals surface area contributed by atoms with Crippen molar-refractivity contribution in [3.63, 3.8) is 0 Å². The fourth-order valence-corrected chi connectivity index (χ4v) is 4.35. The van der Waals surface area contributed by atoms with Gasteiger partial charge in [0, 0.05) is 49.3 Å². The number of aromatic nitrogens is 4. The fourth-order valence-electron chi connectivity index (χ4n) is 4.35. The summed E-state index contributed by atoms with van der Waals surface area (Å²) in [7, 11) is 7.62. The standard InChI is InChI=1S/C30H38N8O2/c1-9-27(39)32-21-18-22(25(40-8)19-24(21)37(7)17-16-36(5)6)33-29-31-15-14-26(34-29)38-23-13-11-10-12-20(23)28(35-38)30(2,3)4/h9-15,18-19H,1,16-17H2,2-8H3,(H,32,39)(H,31,33,34). The lowest BCUT2D eigenvalue weighted by Gasteiger charge is -2.26. The van der Waals surface area contributed by atoms with Crippen LogP contribution in [0.2, 0.25) is 0 Å². The van der Waals surface area contributed by atoms with Gasteiger partial charge in [0.1, 0.15) is 5.75 Å². The van der Waals surface area contributed by atoms with Crippen molar-refractivity contribution in [2.45, 2.75) is 26.2 Å². The van der Waals surface area contributed by atoms with Crippen LogP contribution in [0.1, 0.15) is 26.5 Å². The highest BCUT2D eigenvalue weighted by atomic mass is 16.5. The topological polar surface area (TPSA) is 100 Å². The van der Waals surface area contributed by atoms with E-state index in [1.54, 1.807) is 13.3 Å². The number of benzene rings is 2. The zero-order chi connectivity index (χ0) is 29.0. The Balaban J connectivity index is 1.74. The highest BCUT2D eigenvalue weighted by Crippen LogP contribution is 2.38. The average molecular weight is 543 g/mol. The third-order valence-corrected chi connectivity index (χ3v) is 6.46. The number of carbonyl (C=O) groups excluding carboxylic acids is 1. The molecule has 0 atom stereocenters. The highest BCUT2D eigenvalue weighted by molar-refractivity contribution is 6.02. The zero-order valence-electron chi connectivity index (χ0n) is 24.3. The van der Waals surface area contributed by atoms with E-state index in [1.165, 1.54) is 6.08 Å². The Morgan fingerprint density at radius 1 is 1.10 bits per heavy atom. The number of methoxy groups -OCH3 is 1. The third kappa shape index (κ3) is 6.23. The molecular formula is C30H38N8O2. The first-order valence-electron chi connectivity index (χ1n) is 13.1. The number of likely N-dealkylation sites (N-methyl/N-ethyl adjacent to an activating group) is 2. The molecule has 1 amide bonds. The van der Waals surface area contributed by atoms with E-state index in [0.29, 0.717) is 28.9 Å². The van der Waals surface area contributed by atoms with Crippen LogP contribution in [0.4, 0.5) is 23.0 Å². The smallest absolute Gasteiger partial charge is 0.247 e. The lowest BCUT2D eigenvalue weighted by molar-refractivity contribution is -0.111. The molecule has 0 aliphatic heterocycles. The highest BCUT2D eigenvalue weighted by Gasteiger charge is 2.23. The van der Waals surface area contributed by atoms with Gasteiger partial charge in [-0.05, 0) is 32.3 Å². The number of nitrogens with one attached hydrogen (secondary N) is 2. The van der Waals surface area contributed by atoms with Gasteiger partial charge in [0.05, 0.1) is 35.4 Å².